The van der Waals surface area contributed by atoms with Crippen molar-refractivity contribution < 1.29 is 4.39 Å². The predicted octanol–water partition coefficient (Wildman–Crippen LogP) is 4.86. The van der Waals surface area contributed by atoms with Crippen LogP contribution in [0.3, 0.4) is 0 Å². The number of halogens is 2. The minimum absolute atomic E-state index is 0.176. The van der Waals surface area contributed by atoms with Crippen LogP contribution in [-0.2, 0) is 6.42 Å². The summed E-state index contributed by atoms with van der Waals surface area (Å²) >= 11 is 3.57. The highest BCUT2D eigenvalue weighted by molar-refractivity contribution is 9.09. The van der Waals surface area contributed by atoms with Crippen LogP contribution in [0.25, 0.3) is 0 Å². The van der Waals surface area contributed by atoms with Crippen molar-refractivity contribution in [2.24, 2.45) is 0 Å². The maximum absolute atomic E-state index is 12.9. The molecule has 2 aromatic carbocycles. The van der Waals surface area contributed by atoms with Crippen LogP contribution in [0.2, 0.25) is 0 Å². The van der Waals surface area contributed by atoms with E-state index in [4.69, 9.17) is 0 Å². The van der Waals surface area contributed by atoms with Crippen molar-refractivity contribution in [3.05, 3.63) is 71.0 Å². The molecule has 94 valence electrons. The molecule has 0 fully saturated rings. The van der Waals surface area contributed by atoms with Gasteiger partial charge in [-0.3, -0.25) is 0 Å². The molecule has 1 atom stereocenters. The number of benzene rings is 2. The van der Waals surface area contributed by atoms with Crippen molar-refractivity contribution in [2.75, 3.05) is 5.33 Å². The topological polar surface area (TPSA) is 0 Å². The molecule has 0 nitrogen and oxygen atoms in total. The third-order valence-corrected chi connectivity index (χ3v) is 3.91. The molecule has 0 radical (unpaired) electrons. The molecule has 0 saturated heterocycles. The zero-order valence-electron chi connectivity index (χ0n) is 10.4. The van der Waals surface area contributed by atoms with Gasteiger partial charge >= 0.3 is 0 Å². The van der Waals surface area contributed by atoms with Crippen LogP contribution in [0.15, 0.2) is 48.5 Å². The van der Waals surface area contributed by atoms with Gasteiger partial charge in [-0.15, -0.1) is 0 Å². The van der Waals surface area contributed by atoms with E-state index in [2.05, 4.69) is 47.1 Å². The molecule has 2 heteroatoms. The van der Waals surface area contributed by atoms with Crippen LogP contribution in [0, 0.1) is 12.7 Å². The van der Waals surface area contributed by atoms with Crippen molar-refractivity contribution in [3.8, 4) is 0 Å². The first kappa shape index (κ1) is 13.3. The molecule has 0 aliphatic carbocycles. The van der Waals surface area contributed by atoms with Gasteiger partial charge in [-0.2, -0.15) is 0 Å². The molecule has 0 bridgehead atoms. The summed E-state index contributed by atoms with van der Waals surface area (Å²) in [7, 11) is 0. The Bertz CT molecular complexity index is 488. The molecule has 2 aromatic rings. The molecule has 0 aliphatic rings. The zero-order chi connectivity index (χ0) is 13.0. The number of alkyl halides is 1. The largest absolute Gasteiger partial charge is 0.207 e. The molecule has 2 rings (SSSR count). The van der Waals surface area contributed by atoms with Crippen LogP contribution in [0.1, 0.15) is 22.6 Å². The fraction of sp³-hybridized carbons (Fsp3) is 0.250. The second kappa shape index (κ2) is 6.14. The van der Waals surface area contributed by atoms with Gasteiger partial charge in [0.1, 0.15) is 5.82 Å². The lowest BCUT2D eigenvalue weighted by Crippen LogP contribution is -2.04. The zero-order valence-corrected chi connectivity index (χ0v) is 12.0. The summed E-state index contributed by atoms with van der Waals surface area (Å²) in [6.45, 7) is 2.09. The molecular weight excluding hydrogens is 291 g/mol. The van der Waals surface area contributed by atoms with E-state index in [1.807, 2.05) is 12.1 Å². The van der Waals surface area contributed by atoms with Crippen LogP contribution >= 0.6 is 15.9 Å². The van der Waals surface area contributed by atoms with Crippen LogP contribution in [0.4, 0.5) is 4.39 Å². The lowest BCUT2D eigenvalue weighted by molar-refractivity contribution is 0.626. The third-order valence-electron chi connectivity index (χ3n) is 3.13. The molecule has 0 amide bonds. The van der Waals surface area contributed by atoms with E-state index >= 15 is 0 Å². The second-order valence-corrected chi connectivity index (χ2v) is 5.24. The fourth-order valence-corrected chi connectivity index (χ4v) is 2.61. The summed E-state index contributed by atoms with van der Waals surface area (Å²) in [5.74, 6) is 0.250. The van der Waals surface area contributed by atoms with Crippen molar-refractivity contribution in [1.82, 2.24) is 0 Å². The van der Waals surface area contributed by atoms with Gasteiger partial charge in [0.15, 0.2) is 0 Å². The van der Waals surface area contributed by atoms with Gasteiger partial charge in [-0.25, -0.2) is 4.39 Å². The SMILES string of the molecule is Cc1ccc(C(CBr)Cc2ccc(F)cc2)cc1. The Morgan fingerprint density at radius 2 is 1.61 bits per heavy atom. The van der Waals surface area contributed by atoms with Gasteiger partial charge < -0.3 is 0 Å². The van der Waals surface area contributed by atoms with Crippen LogP contribution in [-0.4, -0.2) is 5.33 Å². The van der Waals surface area contributed by atoms with Gasteiger partial charge in [0.05, 0.1) is 0 Å². The molecule has 0 spiro atoms. The molecule has 0 saturated carbocycles. The summed E-state index contributed by atoms with van der Waals surface area (Å²) in [6.07, 6.45) is 0.925. The number of hydrogen-bond donors (Lipinski definition) is 0. The Labute approximate surface area is 116 Å². The lowest BCUT2D eigenvalue weighted by Gasteiger charge is -2.15. The van der Waals surface area contributed by atoms with Gasteiger partial charge in [-0.1, -0.05) is 57.9 Å². The van der Waals surface area contributed by atoms with E-state index in [1.54, 1.807) is 0 Å². The molecule has 0 aromatic heterocycles. The normalized spacial score (nSPS) is 12.4. The summed E-state index contributed by atoms with van der Waals surface area (Å²) in [6, 6.07) is 15.4. The minimum atomic E-state index is -0.176. The average Bonchev–Trinajstić information content (AvgIpc) is 2.39. The van der Waals surface area contributed by atoms with E-state index < -0.39 is 0 Å². The summed E-state index contributed by atoms with van der Waals surface area (Å²) in [5.41, 5.74) is 3.76. The van der Waals surface area contributed by atoms with Crippen LogP contribution in [0.5, 0.6) is 0 Å². The van der Waals surface area contributed by atoms with E-state index in [-0.39, 0.29) is 5.82 Å². The molecule has 18 heavy (non-hydrogen) atoms. The highest BCUT2D eigenvalue weighted by Gasteiger charge is 2.10. The minimum Gasteiger partial charge on any atom is -0.207 e. The van der Waals surface area contributed by atoms with E-state index in [0.29, 0.717) is 5.92 Å². The van der Waals surface area contributed by atoms with E-state index in [1.165, 1.54) is 28.8 Å². The predicted molar refractivity (Wildman–Crippen MR) is 77.8 cm³/mol. The average molecular weight is 307 g/mol. The van der Waals surface area contributed by atoms with Crippen LogP contribution < -0.4 is 0 Å². The smallest absolute Gasteiger partial charge is 0.123 e. The first-order chi connectivity index (χ1) is 8.69. The van der Waals surface area contributed by atoms with Crippen molar-refractivity contribution in [2.45, 2.75) is 19.3 Å². The lowest BCUT2D eigenvalue weighted by atomic mass is 9.93. The summed E-state index contributed by atoms with van der Waals surface area (Å²) < 4.78 is 12.9. The van der Waals surface area contributed by atoms with Crippen molar-refractivity contribution in [1.29, 1.82) is 0 Å². The van der Waals surface area contributed by atoms with E-state index in [9.17, 15) is 4.39 Å². The maximum atomic E-state index is 12.9. The maximum Gasteiger partial charge on any atom is 0.123 e. The summed E-state index contributed by atoms with van der Waals surface area (Å²) in [5, 5.41) is 0.910. The number of aryl methyl sites for hydroxylation is 1. The van der Waals surface area contributed by atoms with E-state index in [0.717, 1.165) is 11.8 Å². The molecule has 1 unspecified atom stereocenters. The van der Waals surface area contributed by atoms with Gasteiger partial charge in [0.25, 0.3) is 0 Å². The Morgan fingerprint density at radius 1 is 1.00 bits per heavy atom. The third kappa shape index (κ3) is 3.42. The quantitative estimate of drug-likeness (QED) is 0.708. The highest BCUT2D eigenvalue weighted by Crippen LogP contribution is 2.23. The van der Waals surface area contributed by atoms with Crippen molar-refractivity contribution >= 4 is 15.9 Å². The first-order valence-corrected chi connectivity index (χ1v) is 7.18. The molecule has 0 aliphatic heterocycles. The molecule has 0 N–H and O–H groups in total. The highest BCUT2D eigenvalue weighted by atomic mass is 79.9. The Kier molecular flexibility index (Phi) is 4.54. The Balaban J connectivity index is 2.14. The molecule has 0 heterocycles. The Hall–Kier alpha value is -1.15. The van der Waals surface area contributed by atoms with Gasteiger partial charge in [0.2, 0.25) is 0 Å². The van der Waals surface area contributed by atoms with Gasteiger partial charge in [0, 0.05) is 5.33 Å². The molecular formula is C16H16BrF. The number of rotatable bonds is 4. The second-order valence-electron chi connectivity index (χ2n) is 4.59. The Morgan fingerprint density at radius 3 is 2.17 bits per heavy atom. The monoisotopic (exact) mass is 306 g/mol. The standard InChI is InChI=1S/C16H16BrF/c1-12-2-6-14(7-3-12)15(11-17)10-13-4-8-16(18)9-5-13/h2-9,15H,10-11H2,1H3. The van der Waals surface area contributed by atoms with Crippen molar-refractivity contribution in [3.63, 3.8) is 0 Å². The first-order valence-electron chi connectivity index (χ1n) is 6.06. The number of hydrogen-bond acceptors (Lipinski definition) is 0. The summed E-state index contributed by atoms with van der Waals surface area (Å²) in [4.78, 5) is 0. The van der Waals surface area contributed by atoms with Gasteiger partial charge in [-0.05, 0) is 42.5 Å². The fourth-order valence-electron chi connectivity index (χ4n) is 2.01.